The van der Waals surface area contributed by atoms with Crippen molar-refractivity contribution in [3.8, 4) is 0 Å². The van der Waals surface area contributed by atoms with Crippen LogP contribution in [0.2, 0.25) is 5.15 Å². The van der Waals surface area contributed by atoms with Crippen molar-refractivity contribution >= 4 is 17.4 Å². The molecular formula is C11H17ClN4O. The SMILES string of the molecule is CCCc1c(Cl)ncnc1NN1CCOCC1. The molecule has 5 nitrogen and oxygen atoms in total. The zero-order chi connectivity index (χ0) is 12.1. The number of nitrogens with zero attached hydrogens (tertiary/aromatic N) is 3. The van der Waals surface area contributed by atoms with Crippen molar-refractivity contribution in [3.05, 3.63) is 17.0 Å². The number of rotatable bonds is 4. The van der Waals surface area contributed by atoms with Crippen molar-refractivity contribution in [1.29, 1.82) is 0 Å². The molecular weight excluding hydrogens is 240 g/mol. The molecule has 0 amide bonds. The molecule has 0 radical (unpaired) electrons. The molecule has 0 spiro atoms. The Balaban J connectivity index is 2.10. The lowest BCUT2D eigenvalue weighted by atomic mass is 10.2. The molecule has 6 heteroatoms. The normalized spacial score (nSPS) is 17.1. The maximum Gasteiger partial charge on any atom is 0.148 e. The third-order valence-corrected chi connectivity index (χ3v) is 2.99. The summed E-state index contributed by atoms with van der Waals surface area (Å²) in [6, 6.07) is 0. The molecule has 0 bridgehead atoms. The Bertz CT molecular complexity index is 368. The Labute approximate surface area is 106 Å². The average Bonchev–Trinajstić information content (AvgIpc) is 2.35. The number of halogens is 1. The number of aromatic nitrogens is 2. The molecule has 1 saturated heterocycles. The molecule has 1 N–H and O–H groups in total. The van der Waals surface area contributed by atoms with Gasteiger partial charge >= 0.3 is 0 Å². The molecule has 0 aromatic carbocycles. The Morgan fingerprint density at radius 2 is 2.18 bits per heavy atom. The maximum absolute atomic E-state index is 6.09. The Morgan fingerprint density at radius 1 is 1.41 bits per heavy atom. The van der Waals surface area contributed by atoms with Gasteiger partial charge in [-0.25, -0.2) is 15.0 Å². The molecule has 2 heterocycles. The van der Waals surface area contributed by atoms with Gasteiger partial charge in [0.1, 0.15) is 17.3 Å². The summed E-state index contributed by atoms with van der Waals surface area (Å²) in [4.78, 5) is 8.29. The molecule has 1 fully saturated rings. The van der Waals surface area contributed by atoms with Gasteiger partial charge in [-0.2, -0.15) is 0 Å². The molecule has 0 saturated carbocycles. The van der Waals surface area contributed by atoms with Crippen LogP contribution in [0.1, 0.15) is 18.9 Å². The largest absolute Gasteiger partial charge is 0.379 e. The Hall–Kier alpha value is -0.910. The molecule has 1 aliphatic heterocycles. The number of hydrogen-bond donors (Lipinski definition) is 1. The highest BCUT2D eigenvalue weighted by molar-refractivity contribution is 6.30. The molecule has 17 heavy (non-hydrogen) atoms. The summed E-state index contributed by atoms with van der Waals surface area (Å²) < 4.78 is 5.30. The second-order valence-corrected chi connectivity index (χ2v) is 4.31. The lowest BCUT2D eigenvalue weighted by molar-refractivity contribution is 0.0494. The van der Waals surface area contributed by atoms with E-state index in [-0.39, 0.29) is 0 Å². The van der Waals surface area contributed by atoms with E-state index < -0.39 is 0 Å². The minimum absolute atomic E-state index is 0.539. The second-order valence-electron chi connectivity index (χ2n) is 3.95. The molecule has 0 unspecified atom stereocenters. The van der Waals surface area contributed by atoms with Gasteiger partial charge < -0.3 is 10.2 Å². The minimum Gasteiger partial charge on any atom is -0.379 e. The van der Waals surface area contributed by atoms with Gasteiger partial charge in [-0.15, -0.1) is 0 Å². The summed E-state index contributed by atoms with van der Waals surface area (Å²) in [5.41, 5.74) is 4.28. The molecule has 0 aliphatic carbocycles. The van der Waals surface area contributed by atoms with Crippen LogP contribution >= 0.6 is 11.6 Å². The molecule has 1 aromatic rings. The van der Waals surface area contributed by atoms with Crippen LogP contribution in [-0.4, -0.2) is 41.3 Å². The van der Waals surface area contributed by atoms with Crippen LogP contribution in [0.25, 0.3) is 0 Å². The molecule has 1 aromatic heterocycles. The summed E-state index contributed by atoms with van der Waals surface area (Å²) in [7, 11) is 0. The maximum atomic E-state index is 6.09. The molecule has 94 valence electrons. The summed E-state index contributed by atoms with van der Waals surface area (Å²) in [5.74, 6) is 0.814. The van der Waals surface area contributed by atoms with E-state index in [1.54, 1.807) is 0 Å². The van der Waals surface area contributed by atoms with E-state index in [0.29, 0.717) is 5.15 Å². The van der Waals surface area contributed by atoms with Crippen molar-refractivity contribution in [3.63, 3.8) is 0 Å². The van der Waals surface area contributed by atoms with Crippen LogP contribution in [0.5, 0.6) is 0 Å². The van der Waals surface area contributed by atoms with E-state index in [0.717, 1.165) is 50.5 Å². The number of anilines is 1. The van der Waals surface area contributed by atoms with Crippen molar-refractivity contribution in [1.82, 2.24) is 15.0 Å². The van der Waals surface area contributed by atoms with Gasteiger partial charge in [0.15, 0.2) is 0 Å². The van der Waals surface area contributed by atoms with Crippen LogP contribution < -0.4 is 5.43 Å². The molecule has 2 rings (SSSR count). The number of nitrogens with one attached hydrogen (secondary N) is 1. The van der Waals surface area contributed by atoms with E-state index in [9.17, 15) is 0 Å². The standard InChI is InChI=1S/C11H17ClN4O/c1-2-3-9-10(12)13-8-14-11(9)15-16-4-6-17-7-5-16/h8H,2-7H2,1H3,(H,13,14,15). The Morgan fingerprint density at radius 3 is 2.88 bits per heavy atom. The number of morpholine rings is 1. The number of hydrogen-bond acceptors (Lipinski definition) is 5. The fourth-order valence-electron chi connectivity index (χ4n) is 1.78. The quantitative estimate of drug-likeness (QED) is 0.832. The smallest absolute Gasteiger partial charge is 0.148 e. The minimum atomic E-state index is 0.539. The number of ether oxygens (including phenoxy) is 1. The third kappa shape index (κ3) is 3.28. The van der Waals surface area contributed by atoms with E-state index in [2.05, 4.69) is 27.3 Å². The molecule has 0 atom stereocenters. The fourth-order valence-corrected chi connectivity index (χ4v) is 2.01. The highest BCUT2D eigenvalue weighted by Crippen LogP contribution is 2.21. The lowest BCUT2D eigenvalue weighted by Crippen LogP contribution is -2.40. The monoisotopic (exact) mass is 256 g/mol. The first-order valence-electron chi connectivity index (χ1n) is 5.90. The van der Waals surface area contributed by atoms with Gasteiger partial charge in [0, 0.05) is 18.7 Å². The van der Waals surface area contributed by atoms with Gasteiger partial charge in [-0.3, -0.25) is 0 Å². The highest BCUT2D eigenvalue weighted by Gasteiger charge is 2.14. The zero-order valence-electron chi connectivity index (χ0n) is 9.95. The summed E-state index contributed by atoms with van der Waals surface area (Å²) in [6.45, 7) is 5.31. The third-order valence-electron chi connectivity index (χ3n) is 2.67. The van der Waals surface area contributed by atoms with Gasteiger partial charge in [0.25, 0.3) is 0 Å². The second kappa shape index (κ2) is 6.14. The zero-order valence-corrected chi connectivity index (χ0v) is 10.7. The van der Waals surface area contributed by atoms with E-state index in [1.807, 2.05) is 0 Å². The first-order chi connectivity index (χ1) is 8.31. The summed E-state index contributed by atoms with van der Waals surface area (Å²) >= 11 is 6.09. The first kappa shape index (κ1) is 12.5. The van der Waals surface area contributed by atoms with Crippen LogP contribution in [0.3, 0.4) is 0 Å². The fraction of sp³-hybridized carbons (Fsp3) is 0.636. The first-order valence-corrected chi connectivity index (χ1v) is 6.27. The Kier molecular flexibility index (Phi) is 4.53. The van der Waals surface area contributed by atoms with Crippen LogP contribution in [0.4, 0.5) is 5.82 Å². The van der Waals surface area contributed by atoms with Crippen molar-refractivity contribution < 1.29 is 4.74 Å². The van der Waals surface area contributed by atoms with Crippen molar-refractivity contribution in [2.45, 2.75) is 19.8 Å². The summed E-state index contributed by atoms with van der Waals surface area (Å²) in [6.07, 6.45) is 3.39. The van der Waals surface area contributed by atoms with E-state index >= 15 is 0 Å². The van der Waals surface area contributed by atoms with Gasteiger partial charge in [0.2, 0.25) is 0 Å². The molecule has 1 aliphatic rings. The van der Waals surface area contributed by atoms with Crippen LogP contribution in [-0.2, 0) is 11.2 Å². The number of hydrazine groups is 1. The predicted octanol–water partition coefficient (Wildman–Crippen LogP) is 1.74. The lowest BCUT2D eigenvalue weighted by Gasteiger charge is -2.28. The van der Waals surface area contributed by atoms with Crippen LogP contribution in [0, 0.1) is 0 Å². The van der Waals surface area contributed by atoms with Crippen LogP contribution in [0.15, 0.2) is 6.33 Å². The topological polar surface area (TPSA) is 50.3 Å². The van der Waals surface area contributed by atoms with Gasteiger partial charge in [-0.1, -0.05) is 24.9 Å². The average molecular weight is 257 g/mol. The highest BCUT2D eigenvalue weighted by atomic mass is 35.5. The van der Waals surface area contributed by atoms with Gasteiger partial charge in [0.05, 0.1) is 13.2 Å². The van der Waals surface area contributed by atoms with E-state index in [4.69, 9.17) is 16.3 Å². The van der Waals surface area contributed by atoms with Crippen molar-refractivity contribution in [2.75, 3.05) is 31.7 Å². The predicted molar refractivity (Wildman–Crippen MR) is 67.1 cm³/mol. The van der Waals surface area contributed by atoms with E-state index in [1.165, 1.54) is 6.33 Å². The van der Waals surface area contributed by atoms with Crippen molar-refractivity contribution in [2.24, 2.45) is 0 Å². The van der Waals surface area contributed by atoms with Gasteiger partial charge in [-0.05, 0) is 6.42 Å². The summed E-state index contributed by atoms with van der Waals surface area (Å²) in [5, 5.41) is 2.64.